The first-order valence-electron chi connectivity index (χ1n) is 10.9. The molecule has 0 aliphatic carbocycles. The summed E-state index contributed by atoms with van der Waals surface area (Å²) in [6.07, 6.45) is 1.09. The van der Waals surface area contributed by atoms with E-state index in [-0.39, 0.29) is 23.4 Å². The zero-order valence-electron chi connectivity index (χ0n) is 18.9. The van der Waals surface area contributed by atoms with Crippen LogP contribution in [0.5, 0.6) is 0 Å². The summed E-state index contributed by atoms with van der Waals surface area (Å²) in [5, 5.41) is 2.39. The van der Waals surface area contributed by atoms with Gasteiger partial charge in [0.1, 0.15) is 17.5 Å². The number of carbonyl (C=O) groups excluding carboxylic acids is 1. The number of carbonyl (C=O) groups is 1. The maximum atomic E-state index is 13.8. The highest BCUT2D eigenvalue weighted by Crippen LogP contribution is 2.24. The predicted octanol–water partition coefficient (Wildman–Crippen LogP) is 4.33. The number of benzene rings is 2. The number of imidazole rings is 1. The van der Waals surface area contributed by atoms with Crippen LogP contribution in [0.2, 0.25) is 0 Å². The maximum Gasteiger partial charge on any atom is 0.243 e. The molecule has 0 fully saturated rings. The standard InChI is InChI=1S/C23H28F2N4O3S/c1-4-13-29-21-10-8-17(33(31,32)28(5-2)6-3)15-20(21)26-22(29)11-12-23(30)27-19-14-16(24)7-9-18(19)25/h7-10,14-15H,4-6,11-13H2,1-3H3,(H,27,30). The molecule has 0 unspecified atom stereocenters. The van der Waals surface area contributed by atoms with Crippen molar-refractivity contribution in [3.8, 4) is 0 Å². The molecule has 3 aromatic rings. The summed E-state index contributed by atoms with van der Waals surface area (Å²) in [4.78, 5) is 17.1. The summed E-state index contributed by atoms with van der Waals surface area (Å²) in [5.74, 6) is -1.21. The summed E-state index contributed by atoms with van der Waals surface area (Å²) < 4.78 is 56.2. The Morgan fingerprint density at radius 3 is 2.48 bits per heavy atom. The topological polar surface area (TPSA) is 84.3 Å². The van der Waals surface area contributed by atoms with Crippen molar-refractivity contribution in [1.29, 1.82) is 0 Å². The van der Waals surface area contributed by atoms with Crippen LogP contribution in [0.15, 0.2) is 41.3 Å². The minimum Gasteiger partial charge on any atom is -0.328 e. The fourth-order valence-electron chi connectivity index (χ4n) is 3.73. The molecule has 33 heavy (non-hydrogen) atoms. The number of nitrogens with one attached hydrogen (secondary N) is 1. The van der Waals surface area contributed by atoms with Gasteiger partial charge in [-0.05, 0) is 36.8 Å². The van der Waals surface area contributed by atoms with E-state index in [1.165, 1.54) is 4.31 Å². The summed E-state index contributed by atoms with van der Waals surface area (Å²) in [6, 6.07) is 7.73. The third-order valence-corrected chi connectivity index (χ3v) is 7.41. The van der Waals surface area contributed by atoms with Crippen LogP contribution in [0.25, 0.3) is 11.0 Å². The molecular weight excluding hydrogens is 450 g/mol. The Morgan fingerprint density at radius 2 is 1.82 bits per heavy atom. The van der Waals surface area contributed by atoms with E-state index in [4.69, 9.17) is 0 Å². The van der Waals surface area contributed by atoms with Crippen molar-refractivity contribution >= 4 is 32.7 Å². The van der Waals surface area contributed by atoms with Crippen molar-refractivity contribution in [3.63, 3.8) is 0 Å². The second-order valence-electron chi connectivity index (χ2n) is 7.59. The molecule has 2 aromatic carbocycles. The molecular formula is C23H28F2N4O3S. The first-order chi connectivity index (χ1) is 15.7. The SMILES string of the molecule is CCCn1c(CCC(=O)Nc2cc(F)ccc2F)nc2cc(S(=O)(=O)N(CC)CC)ccc21. The molecule has 1 N–H and O–H groups in total. The lowest BCUT2D eigenvalue weighted by Gasteiger charge is -2.18. The van der Waals surface area contributed by atoms with E-state index in [0.717, 1.165) is 30.1 Å². The van der Waals surface area contributed by atoms with Crippen molar-refractivity contribution in [2.24, 2.45) is 0 Å². The van der Waals surface area contributed by atoms with E-state index in [2.05, 4.69) is 10.3 Å². The van der Waals surface area contributed by atoms with Crippen LogP contribution in [-0.4, -0.2) is 41.3 Å². The highest BCUT2D eigenvalue weighted by atomic mass is 32.2. The Hall–Kier alpha value is -2.85. The van der Waals surface area contributed by atoms with Gasteiger partial charge in [0.15, 0.2) is 0 Å². The van der Waals surface area contributed by atoms with Crippen LogP contribution in [0.1, 0.15) is 39.4 Å². The Kier molecular flexibility index (Phi) is 7.80. The van der Waals surface area contributed by atoms with Gasteiger partial charge in [-0.25, -0.2) is 22.2 Å². The van der Waals surface area contributed by atoms with Crippen molar-refractivity contribution in [2.75, 3.05) is 18.4 Å². The average molecular weight is 479 g/mol. The maximum absolute atomic E-state index is 13.8. The number of hydrogen-bond donors (Lipinski definition) is 1. The van der Waals surface area contributed by atoms with Crippen LogP contribution in [0.3, 0.4) is 0 Å². The van der Waals surface area contributed by atoms with E-state index in [1.54, 1.807) is 32.0 Å². The molecule has 0 aliphatic heterocycles. The van der Waals surface area contributed by atoms with E-state index in [1.807, 2.05) is 11.5 Å². The van der Waals surface area contributed by atoms with Gasteiger partial charge >= 0.3 is 0 Å². The fraction of sp³-hybridized carbons (Fsp3) is 0.391. The molecule has 1 heterocycles. The van der Waals surface area contributed by atoms with Gasteiger partial charge in [0, 0.05) is 38.5 Å². The third-order valence-electron chi connectivity index (χ3n) is 5.37. The quantitative estimate of drug-likeness (QED) is 0.470. The highest BCUT2D eigenvalue weighted by molar-refractivity contribution is 7.89. The smallest absolute Gasteiger partial charge is 0.243 e. The Balaban J connectivity index is 1.85. The predicted molar refractivity (Wildman–Crippen MR) is 123 cm³/mol. The zero-order chi connectivity index (χ0) is 24.2. The van der Waals surface area contributed by atoms with E-state index in [0.29, 0.717) is 31.0 Å². The van der Waals surface area contributed by atoms with E-state index in [9.17, 15) is 22.0 Å². The average Bonchev–Trinajstić information content (AvgIpc) is 3.12. The number of rotatable bonds is 10. The van der Waals surface area contributed by atoms with Gasteiger partial charge in [-0.3, -0.25) is 4.79 Å². The van der Waals surface area contributed by atoms with Gasteiger partial charge in [-0.15, -0.1) is 0 Å². The number of fused-ring (bicyclic) bond motifs is 1. The number of halogens is 2. The molecule has 0 atom stereocenters. The van der Waals surface area contributed by atoms with Gasteiger partial charge in [-0.2, -0.15) is 4.31 Å². The Bertz CT molecular complexity index is 1250. The first-order valence-corrected chi connectivity index (χ1v) is 12.4. The van der Waals surface area contributed by atoms with Crippen LogP contribution in [-0.2, 0) is 27.8 Å². The van der Waals surface area contributed by atoms with Gasteiger partial charge in [-0.1, -0.05) is 20.8 Å². The van der Waals surface area contributed by atoms with Gasteiger partial charge in [0.2, 0.25) is 15.9 Å². The van der Waals surface area contributed by atoms with Crippen LogP contribution in [0, 0.1) is 11.6 Å². The van der Waals surface area contributed by atoms with Crippen LogP contribution < -0.4 is 5.32 Å². The molecule has 0 spiro atoms. The largest absolute Gasteiger partial charge is 0.328 e. The molecule has 0 radical (unpaired) electrons. The fourth-order valence-corrected chi connectivity index (χ4v) is 5.21. The number of sulfonamides is 1. The highest BCUT2D eigenvalue weighted by Gasteiger charge is 2.23. The molecule has 3 rings (SSSR count). The van der Waals surface area contributed by atoms with Crippen molar-refractivity contribution in [3.05, 3.63) is 53.9 Å². The molecule has 1 aromatic heterocycles. The normalized spacial score (nSPS) is 11.9. The Morgan fingerprint density at radius 1 is 1.09 bits per heavy atom. The summed E-state index contributed by atoms with van der Waals surface area (Å²) in [6.45, 7) is 6.96. The van der Waals surface area contributed by atoms with Crippen LogP contribution in [0.4, 0.5) is 14.5 Å². The molecule has 10 heteroatoms. The van der Waals surface area contributed by atoms with E-state index < -0.39 is 27.6 Å². The van der Waals surface area contributed by atoms with Gasteiger partial charge in [0.25, 0.3) is 0 Å². The lowest BCUT2D eigenvalue weighted by molar-refractivity contribution is -0.116. The summed E-state index contributed by atoms with van der Waals surface area (Å²) >= 11 is 0. The molecule has 1 amide bonds. The van der Waals surface area contributed by atoms with Crippen molar-refractivity contribution in [1.82, 2.24) is 13.9 Å². The van der Waals surface area contributed by atoms with Crippen LogP contribution >= 0.6 is 0 Å². The lowest BCUT2D eigenvalue weighted by atomic mass is 10.2. The summed E-state index contributed by atoms with van der Waals surface area (Å²) in [5.41, 5.74) is 1.10. The van der Waals surface area contributed by atoms with Gasteiger partial charge in [0.05, 0.1) is 21.6 Å². The second-order valence-corrected chi connectivity index (χ2v) is 9.53. The number of aryl methyl sites for hydroxylation is 2. The Labute approximate surface area is 192 Å². The van der Waals surface area contributed by atoms with Crippen molar-refractivity contribution in [2.45, 2.75) is 51.5 Å². The third kappa shape index (κ3) is 5.39. The molecule has 7 nitrogen and oxygen atoms in total. The molecule has 0 bridgehead atoms. The van der Waals surface area contributed by atoms with E-state index >= 15 is 0 Å². The first kappa shape index (κ1) is 24.8. The number of aromatic nitrogens is 2. The zero-order valence-corrected chi connectivity index (χ0v) is 19.8. The molecule has 178 valence electrons. The second kappa shape index (κ2) is 10.4. The molecule has 0 saturated heterocycles. The molecule has 0 saturated carbocycles. The van der Waals surface area contributed by atoms with Crippen molar-refractivity contribution < 1.29 is 22.0 Å². The number of anilines is 1. The summed E-state index contributed by atoms with van der Waals surface area (Å²) in [7, 11) is -3.62. The number of hydrogen-bond acceptors (Lipinski definition) is 4. The molecule has 0 aliphatic rings. The minimum atomic E-state index is -3.62. The minimum absolute atomic E-state index is 0.00753. The monoisotopic (exact) mass is 478 g/mol. The number of nitrogens with zero attached hydrogens (tertiary/aromatic N) is 3. The number of amides is 1. The lowest BCUT2D eigenvalue weighted by Crippen LogP contribution is -2.30. The van der Waals surface area contributed by atoms with Gasteiger partial charge < -0.3 is 9.88 Å².